The van der Waals surface area contributed by atoms with E-state index in [1.54, 1.807) is 0 Å². The lowest BCUT2D eigenvalue weighted by Crippen LogP contribution is -2.16. The van der Waals surface area contributed by atoms with Gasteiger partial charge < -0.3 is 4.43 Å². The molecule has 1 radical (unpaired) electrons. The maximum absolute atomic E-state index is 6.19. The highest BCUT2D eigenvalue weighted by Crippen LogP contribution is 2.22. The molecule has 0 saturated carbocycles. The van der Waals surface area contributed by atoms with Gasteiger partial charge in [-0.2, -0.15) is 0 Å². The Morgan fingerprint density at radius 2 is 1.88 bits per heavy atom. The summed E-state index contributed by atoms with van der Waals surface area (Å²) in [6.07, 6.45) is 0. The number of rotatable bonds is 2. The molecule has 0 aliphatic carbocycles. The van der Waals surface area contributed by atoms with Crippen molar-refractivity contribution in [3.05, 3.63) is 28.8 Å². The van der Waals surface area contributed by atoms with Crippen LogP contribution in [0.4, 0.5) is 0 Å². The van der Waals surface area contributed by atoms with Gasteiger partial charge in [0.15, 0.2) is 0 Å². The minimum absolute atomic E-state index is 0.677. The highest BCUT2D eigenvalue weighted by Gasteiger charge is 2.08. The average Bonchev–Trinajstić information content (AvgIpc) is 2.13. The van der Waals surface area contributed by atoms with Crippen LogP contribution in [0.1, 0.15) is 5.56 Å². The zero-order valence-corrected chi connectivity index (χ0v) is 13.8. The topological polar surface area (TPSA) is 9.23 Å². The molecule has 0 saturated heterocycles. The van der Waals surface area contributed by atoms with Crippen molar-refractivity contribution in [2.45, 2.75) is 32.7 Å². The fourth-order valence-corrected chi connectivity index (χ4v) is 2.48. The summed E-state index contributed by atoms with van der Waals surface area (Å²) < 4.78 is 5.67. The molecule has 0 spiro atoms. The first-order chi connectivity index (χ1) is 7.78. The van der Waals surface area contributed by atoms with E-state index >= 15 is 0 Å². The van der Waals surface area contributed by atoms with Crippen LogP contribution < -0.4 is 4.43 Å². The summed E-state index contributed by atoms with van der Waals surface area (Å²) in [5, 5.41) is 0.677. The van der Waals surface area contributed by atoms with Gasteiger partial charge in [-0.1, -0.05) is 37.2 Å². The smallest absolute Gasteiger partial charge is 0.274 e. The van der Waals surface area contributed by atoms with Gasteiger partial charge in [0, 0.05) is 5.56 Å². The van der Waals surface area contributed by atoms with Gasteiger partial charge in [-0.15, -0.1) is 5.54 Å². The third-order valence-corrected chi connectivity index (χ3v) is 3.67. The molecule has 0 bridgehead atoms. The van der Waals surface area contributed by atoms with Crippen molar-refractivity contribution in [1.29, 1.82) is 0 Å². The van der Waals surface area contributed by atoms with Crippen LogP contribution >= 0.6 is 11.6 Å². The predicted octanol–water partition coefficient (Wildman–Crippen LogP) is 4.20. The molecule has 4 heteroatoms. The van der Waals surface area contributed by atoms with E-state index in [-0.39, 0.29) is 0 Å². The zero-order chi connectivity index (χ0) is 13.1. The summed E-state index contributed by atoms with van der Waals surface area (Å²) in [7, 11) is -2.09. The Labute approximate surface area is 112 Å². The molecular weight excluding hydrogens is 264 g/mol. The second-order valence-corrected chi connectivity index (χ2v) is 12.3. The third kappa shape index (κ3) is 5.44. The van der Waals surface area contributed by atoms with Gasteiger partial charge in [-0.3, -0.25) is 0 Å². The summed E-state index contributed by atoms with van der Waals surface area (Å²) >= 11 is 6.19. The summed E-state index contributed by atoms with van der Waals surface area (Å²) in [5.41, 5.74) is 4.20. The summed E-state index contributed by atoms with van der Waals surface area (Å²) in [6.45, 7) is 10.8. The molecule has 91 valence electrons. The standard InChI is InChI=1S/C13H18ClOSi2/c1-16(2)15-12-7-6-11(13(14)10-12)8-9-17(3,4)5/h6-7,10H,1-5H3. The van der Waals surface area contributed by atoms with Gasteiger partial charge in [-0.25, -0.2) is 0 Å². The Kier molecular flexibility index (Phi) is 4.87. The Morgan fingerprint density at radius 1 is 1.24 bits per heavy atom. The van der Waals surface area contributed by atoms with Crippen molar-refractivity contribution in [1.82, 2.24) is 0 Å². The number of benzene rings is 1. The van der Waals surface area contributed by atoms with Crippen molar-refractivity contribution < 1.29 is 4.43 Å². The molecule has 0 aliphatic rings. The third-order valence-electron chi connectivity index (χ3n) is 1.83. The Balaban J connectivity index is 2.93. The second-order valence-electron chi connectivity index (χ2n) is 5.15. The molecule has 0 aliphatic heterocycles. The molecule has 0 aromatic heterocycles. The molecule has 0 atom stereocenters. The van der Waals surface area contributed by atoms with E-state index in [1.807, 2.05) is 18.2 Å². The average molecular weight is 282 g/mol. The molecule has 1 rings (SSSR count). The number of hydrogen-bond acceptors (Lipinski definition) is 1. The van der Waals surface area contributed by atoms with Gasteiger partial charge in [0.2, 0.25) is 0 Å². The van der Waals surface area contributed by atoms with Crippen molar-refractivity contribution in [3.63, 3.8) is 0 Å². The van der Waals surface area contributed by atoms with E-state index in [0.29, 0.717) is 5.02 Å². The maximum atomic E-state index is 6.19. The molecule has 0 amide bonds. The summed E-state index contributed by atoms with van der Waals surface area (Å²) in [4.78, 5) is 0. The largest absolute Gasteiger partial charge is 0.543 e. The van der Waals surface area contributed by atoms with E-state index in [0.717, 1.165) is 11.3 Å². The Morgan fingerprint density at radius 3 is 2.35 bits per heavy atom. The predicted molar refractivity (Wildman–Crippen MR) is 79.8 cm³/mol. The van der Waals surface area contributed by atoms with Crippen molar-refractivity contribution in [2.75, 3.05) is 0 Å². The zero-order valence-electron chi connectivity index (χ0n) is 11.0. The maximum Gasteiger partial charge on any atom is 0.274 e. The lowest BCUT2D eigenvalue weighted by molar-refractivity contribution is 0.581. The quantitative estimate of drug-likeness (QED) is 0.583. The molecule has 1 aromatic rings. The lowest BCUT2D eigenvalue weighted by atomic mass is 10.2. The van der Waals surface area contributed by atoms with Crippen LogP contribution in [0, 0.1) is 11.5 Å². The van der Waals surface area contributed by atoms with E-state index in [4.69, 9.17) is 16.0 Å². The molecule has 17 heavy (non-hydrogen) atoms. The van der Waals surface area contributed by atoms with Gasteiger partial charge in [0.05, 0.1) is 5.02 Å². The van der Waals surface area contributed by atoms with Crippen molar-refractivity contribution in [3.8, 4) is 17.2 Å². The van der Waals surface area contributed by atoms with Crippen LogP contribution in [0.15, 0.2) is 18.2 Å². The summed E-state index contributed by atoms with van der Waals surface area (Å²) in [5.74, 6) is 4.01. The van der Waals surface area contributed by atoms with E-state index in [1.165, 1.54) is 0 Å². The molecule has 0 N–H and O–H groups in total. The van der Waals surface area contributed by atoms with Gasteiger partial charge in [-0.05, 0) is 31.3 Å². The SMILES string of the molecule is C[Si](C)Oc1ccc(C#C[Si](C)(C)C)c(Cl)c1. The lowest BCUT2D eigenvalue weighted by Gasteiger charge is -2.09. The number of hydrogen-bond donors (Lipinski definition) is 0. The fourth-order valence-electron chi connectivity index (χ4n) is 1.15. The first-order valence-corrected chi connectivity index (χ1v) is 11.9. The van der Waals surface area contributed by atoms with Gasteiger partial charge >= 0.3 is 0 Å². The molecule has 1 nitrogen and oxygen atoms in total. The normalized spacial score (nSPS) is 11.0. The molecule has 0 fully saturated rings. The van der Waals surface area contributed by atoms with Crippen LogP contribution in [0.3, 0.4) is 0 Å². The van der Waals surface area contributed by atoms with Crippen molar-refractivity contribution >= 4 is 28.7 Å². The van der Waals surface area contributed by atoms with Crippen LogP contribution in [0.5, 0.6) is 5.75 Å². The monoisotopic (exact) mass is 281 g/mol. The second kappa shape index (κ2) is 5.77. The van der Waals surface area contributed by atoms with Crippen molar-refractivity contribution in [2.24, 2.45) is 0 Å². The fraction of sp³-hybridized carbons (Fsp3) is 0.385. The molecular formula is C13H18ClOSi2. The van der Waals surface area contributed by atoms with Gasteiger partial charge in [0.25, 0.3) is 9.04 Å². The molecule has 0 heterocycles. The van der Waals surface area contributed by atoms with Gasteiger partial charge in [0.1, 0.15) is 13.8 Å². The van der Waals surface area contributed by atoms with E-state index in [2.05, 4.69) is 44.2 Å². The first-order valence-electron chi connectivity index (χ1n) is 5.59. The Bertz CT molecular complexity index is 453. The Hall–Kier alpha value is -0.696. The molecule has 1 aromatic carbocycles. The highest BCUT2D eigenvalue weighted by atomic mass is 35.5. The minimum Gasteiger partial charge on any atom is -0.543 e. The summed E-state index contributed by atoms with van der Waals surface area (Å²) in [6, 6.07) is 5.74. The minimum atomic E-state index is -1.35. The van der Waals surface area contributed by atoms with Crippen LogP contribution in [-0.4, -0.2) is 17.1 Å². The van der Waals surface area contributed by atoms with Crippen LogP contribution in [-0.2, 0) is 0 Å². The highest BCUT2D eigenvalue weighted by molar-refractivity contribution is 6.83. The van der Waals surface area contributed by atoms with Crippen LogP contribution in [0.2, 0.25) is 37.8 Å². The van der Waals surface area contributed by atoms with E-state index < -0.39 is 17.1 Å². The molecule has 0 unspecified atom stereocenters. The van der Waals surface area contributed by atoms with Crippen LogP contribution in [0.25, 0.3) is 0 Å². The first kappa shape index (κ1) is 14.4. The van der Waals surface area contributed by atoms with E-state index in [9.17, 15) is 0 Å². The number of halogens is 1.